The predicted octanol–water partition coefficient (Wildman–Crippen LogP) is 5.06. The van der Waals surface area contributed by atoms with Crippen molar-refractivity contribution in [3.05, 3.63) is 84.4 Å². The molecule has 1 N–H and O–H groups in total. The van der Waals surface area contributed by atoms with Crippen LogP contribution in [0.1, 0.15) is 24.2 Å². The summed E-state index contributed by atoms with van der Waals surface area (Å²) in [5.74, 6) is 1.07. The van der Waals surface area contributed by atoms with Crippen LogP contribution in [-0.2, 0) is 9.53 Å². The first-order valence-corrected chi connectivity index (χ1v) is 9.63. The summed E-state index contributed by atoms with van der Waals surface area (Å²) in [6.07, 6.45) is -0.761. The van der Waals surface area contributed by atoms with Crippen LogP contribution in [0.4, 0.5) is 5.69 Å². The Balaban J connectivity index is 1.56. The Labute approximate surface area is 175 Å². The number of para-hydroxylation sites is 1. The number of rotatable bonds is 8. The van der Waals surface area contributed by atoms with Crippen molar-refractivity contribution in [2.75, 3.05) is 11.9 Å². The number of benzene rings is 3. The Kier molecular flexibility index (Phi) is 7.05. The molecule has 30 heavy (non-hydrogen) atoms. The molecule has 0 aliphatic carbocycles. The van der Waals surface area contributed by atoms with E-state index in [9.17, 15) is 9.59 Å². The standard InChI is InChI=1S/C24H23NO5/c1-3-28-24(27)18-8-7-11-22(16-18)29-17(2)23(26)25-19-12-14-21(15-13-19)30-20-9-5-4-6-10-20/h4-17H,3H2,1-2H3,(H,25,26). The van der Waals surface area contributed by atoms with Crippen molar-refractivity contribution in [3.8, 4) is 17.2 Å². The summed E-state index contributed by atoms with van der Waals surface area (Å²) < 4.78 is 16.4. The molecule has 0 aliphatic rings. The monoisotopic (exact) mass is 405 g/mol. The van der Waals surface area contributed by atoms with Crippen molar-refractivity contribution in [3.63, 3.8) is 0 Å². The predicted molar refractivity (Wildman–Crippen MR) is 114 cm³/mol. The van der Waals surface area contributed by atoms with Gasteiger partial charge >= 0.3 is 5.97 Å². The molecule has 0 spiro atoms. The molecule has 154 valence electrons. The summed E-state index contributed by atoms with van der Waals surface area (Å²) in [5, 5.41) is 2.80. The highest BCUT2D eigenvalue weighted by Crippen LogP contribution is 2.23. The lowest BCUT2D eigenvalue weighted by molar-refractivity contribution is -0.122. The zero-order valence-electron chi connectivity index (χ0n) is 16.8. The largest absolute Gasteiger partial charge is 0.481 e. The maximum absolute atomic E-state index is 12.5. The fourth-order valence-electron chi connectivity index (χ4n) is 2.64. The average molecular weight is 405 g/mol. The number of carbonyl (C=O) groups is 2. The van der Waals surface area contributed by atoms with Crippen LogP contribution in [-0.4, -0.2) is 24.6 Å². The Bertz CT molecular complexity index is 986. The molecule has 3 aromatic carbocycles. The molecule has 0 aromatic heterocycles. The van der Waals surface area contributed by atoms with E-state index in [0.717, 1.165) is 5.75 Å². The third-order valence-electron chi connectivity index (χ3n) is 4.13. The molecule has 3 rings (SSSR count). The van der Waals surface area contributed by atoms with E-state index in [2.05, 4.69) is 5.32 Å². The first kappa shape index (κ1) is 20.9. The minimum atomic E-state index is -0.761. The molecule has 0 heterocycles. The van der Waals surface area contributed by atoms with E-state index in [1.54, 1.807) is 62.4 Å². The SMILES string of the molecule is CCOC(=O)c1cccc(OC(C)C(=O)Nc2ccc(Oc3ccccc3)cc2)c1. The number of nitrogens with one attached hydrogen (secondary N) is 1. The fourth-order valence-corrected chi connectivity index (χ4v) is 2.64. The maximum atomic E-state index is 12.5. The summed E-state index contributed by atoms with van der Waals surface area (Å²) in [4.78, 5) is 24.3. The van der Waals surface area contributed by atoms with E-state index >= 15 is 0 Å². The zero-order valence-corrected chi connectivity index (χ0v) is 16.8. The zero-order chi connectivity index (χ0) is 21.3. The van der Waals surface area contributed by atoms with E-state index in [4.69, 9.17) is 14.2 Å². The van der Waals surface area contributed by atoms with E-state index < -0.39 is 12.1 Å². The van der Waals surface area contributed by atoms with Crippen LogP contribution < -0.4 is 14.8 Å². The Morgan fingerprint density at radius 3 is 2.23 bits per heavy atom. The van der Waals surface area contributed by atoms with E-state index in [1.807, 2.05) is 30.3 Å². The first-order valence-electron chi connectivity index (χ1n) is 9.63. The van der Waals surface area contributed by atoms with Crippen LogP contribution >= 0.6 is 0 Å². The van der Waals surface area contributed by atoms with Gasteiger partial charge in [-0.3, -0.25) is 4.79 Å². The van der Waals surface area contributed by atoms with Gasteiger partial charge in [0.1, 0.15) is 17.2 Å². The molecule has 1 unspecified atom stereocenters. The molecule has 0 aliphatic heterocycles. The molecule has 0 bridgehead atoms. The molecule has 1 amide bonds. The Morgan fingerprint density at radius 2 is 1.53 bits per heavy atom. The third kappa shape index (κ3) is 5.85. The van der Waals surface area contributed by atoms with Gasteiger partial charge in [-0.25, -0.2) is 4.79 Å². The van der Waals surface area contributed by atoms with Gasteiger partial charge in [0.15, 0.2) is 6.10 Å². The molecule has 0 saturated heterocycles. The fraction of sp³-hybridized carbons (Fsp3) is 0.167. The summed E-state index contributed by atoms with van der Waals surface area (Å²) in [7, 11) is 0. The lowest BCUT2D eigenvalue weighted by Crippen LogP contribution is -2.30. The second-order valence-electron chi connectivity index (χ2n) is 6.44. The van der Waals surface area contributed by atoms with Crippen molar-refractivity contribution < 1.29 is 23.8 Å². The molecule has 1 atom stereocenters. The number of esters is 1. The molecule has 0 radical (unpaired) electrons. The normalized spacial score (nSPS) is 11.3. The van der Waals surface area contributed by atoms with Gasteiger partial charge in [-0.2, -0.15) is 0 Å². The second kappa shape index (κ2) is 10.1. The van der Waals surface area contributed by atoms with Gasteiger partial charge in [0.05, 0.1) is 12.2 Å². The van der Waals surface area contributed by atoms with Crippen LogP contribution in [0.15, 0.2) is 78.9 Å². The summed E-state index contributed by atoms with van der Waals surface area (Å²) in [6.45, 7) is 3.67. The first-order chi connectivity index (χ1) is 14.5. The van der Waals surface area contributed by atoms with E-state index in [-0.39, 0.29) is 12.5 Å². The molecule has 0 fully saturated rings. The smallest absolute Gasteiger partial charge is 0.338 e. The number of hydrogen-bond donors (Lipinski definition) is 1. The van der Waals surface area contributed by atoms with Gasteiger partial charge in [0.2, 0.25) is 0 Å². The number of carbonyl (C=O) groups excluding carboxylic acids is 2. The van der Waals surface area contributed by atoms with Crippen molar-refractivity contribution in [1.29, 1.82) is 0 Å². The second-order valence-corrected chi connectivity index (χ2v) is 6.44. The Hall–Kier alpha value is -3.80. The molecular formula is C24H23NO5. The van der Waals surface area contributed by atoms with Gasteiger partial charge in [0, 0.05) is 5.69 Å². The van der Waals surface area contributed by atoms with Crippen LogP contribution in [0.2, 0.25) is 0 Å². The number of amides is 1. The number of anilines is 1. The van der Waals surface area contributed by atoms with E-state index in [1.165, 1.54) is 0 Å². The van der Waals surface area contributed by atoms with Crippen LogP contribution in [0.3, 0.4) is 0 Å². The van der Waals surface area contributed by atoms with Crippen molar-refractivity contribution >= 4 is 17.6 Å². The lowest BCUT2D eigenvalue weighted by atomic mass is 10.2. The van der Waals surface area contributed by atoms with Crippen molar-refractivity contribution in [2.45, 2.75) is 20.0 Å². The van der Waals surface area contributed by atoms with Crippen LogP contribution in [0.5, 0.6) is 17.2 Å². The van der Waals surface area contributed by atoms with Gasteiger partial charge in [-0.15, -0.1) is 0 Å². The topological polar surface area (TPSA) is 73.9 Å². The minimum Gasteiger partial charge on any atom is -0.481 e. The Morgan fingerprint density at radius 1 is 0.867 bits per heavy atom. The van der Waals surface area contributed by atoms with Gasteiger partial charge < -0.3 is 19.5 Å². The van der Waals surface area contributed by atoms with Crippen LogP contribution in [0.25, 0.3) is 0 Å². The lowest BCUT2D eigenvalue weighted by Gasteiger charge is -2.15. The third-order valence-corrected chi connectivity index (χ3v) is 4.13. The number of ether oxygens (including phenoxy) is 3. The highest BCUT2D eigenvalue weighted by molar-refractivity contribution is 5.94. The van der Waals surface area contributed by atoms with Gasteiger partial charge in [0.25, 0.3) is 5.91 Å². The summed E-state index contributed by atoms with van der Waals surface area (Å²) in [5.41, 5.74) is 0.993. The van der Waals surface area contributed by atoms with Gasteiger partial charge in [-0.05, 0) is 68.4 Å². The minimum absolute atomic E-state index is 0.290. The molecule has 6 nitrogen and oxygen atoms in total. The summed E-state index contributed by atoms with van der Waals surface area (Å²) in [6, 6.07) is 23.1. The molecular weight excluding hydrogens is 382 g/mol. The number of hydrogen-bond acceptors (Lipinski definition) is 5. The molecule has 0 saturated carbocycles. The maximum Gasteiger partial charge on any atom is 0.338 e. The molecule has 3 aromatic rings. The van der Waals surface area contributed by atoms with Crippen LogP contribution in [0, 0.1) is 0 Å². The quantitative estimate of drug-likeness (QED) is 0.530. The average Bonchev–Trinajstić information content (AvgIpc) is 2.76. The summed E-state index contributed by atoms with van der Waals surface area (Å²) >= 11 is 0. The molecule has 6 heteroatoms. The highest BCUT2D eigenvalue weighted by atomic mass is 16.5. The van der Waals surface area contributed by atoms with Crippen molar-refractivity contribution in [1.82, 2.24) is 0 Å². The van der Waals surface area contributed by atoms with Crippen molar-refractivity contribution in [2.24, 2.45) is 0 Å². The highest BCUT2D eigenvalue weighted by Gasteiger charge is 2.16. The van der Waals surface area contributed by atoms with E-state index in [0.29, 0.717) is 22.7 Å². The van der Waals surface area contributed by atoms with Gasteiger partial charge in [-0.1, -0.05) is 24.3 Å².